The third-order valence-electron chi connectivity index (χ3n) is 2.84. The Morgan fingerprint density at radius 1 is 1.19 bits per heavy atom. The van der Waals surface area contributed by atoms with Gasteiger partial charge in [-0.15, -0.1) is 0 Å². The maximum absolute atomic E-state index is 12.1. The van der Waals surface area contributed by atoms with Gasteiger partial charge < -0.3 is 16.3 Å². The van der Waals surface area contributed by atoms with E-state index in [0.717, 1.165) is 10.0 Å². The number of rotatable bonds is 4. The molecule has 0 fully saturated rings. The van der Waals surface area contributed by atoms with Crippen molar-refractivity contribution in [3.8, 4) is 0 Å². The third-order valence-corrected chi connectivity index (χ3v) is 3.54. The van der Waals surface area contributed by atoms with Gasteiger partial charge >= 0.3 is 0 Å². The Labute approximate surface area is 130 Å². The first-order chi connectivity index (χ1) is 10.1. The molecular formula is C15H14BrN3O2. The standard InChI is InChI=1S/C15H14BrN3O2/c16-13-4-2-1-3-12(13)15(20)18-11-7-5-10(6-8-11)9-14(17)19-21/h1-8,21H,9H2,(H2,17,19)(H,18,20). The van der Waals surface area contributed by atoms with E-state index in [1.807, 2.05) is 24.3 Å². The molecule has 0 bridgehead atoms. The number of anilines is 1. The van der Waals surface area contributed by atoms with Crippen molar-refractivity contribution in [2.75, 3.05) is 5.32 Å². The zero-order valence-corrected chi connectivity index (χ0v) is 12.7. The lowest BCUT2D eigenvalue weighted by Gasteiger charge is -2.07. The van der Waals surface area contributed by atoms with Gasteiger partial charge in [0.15, 0.2) is 0 Å². The molecule has 0 aromatic heterocycles. The fourth-order valence-electron chi connectivity index (χ4n) is 1.79. The Bertz CT molecular complexity index is 669. The second-order valence-electron chi connectivity index (χ2n) is 4.40. The van der Waals surface area contributed by atoms with Gasteiger partial charge in [0, 0.05) is 16.6 Å². The van der Waals surface area contributed by atoms with Crippen LogP contribution in [0.3, 0.4) is 0 Å². The van der Waals surface area contributed by atoms with Crippen molar-refractivity contribution < 1.29 is 10.0 Å². The topological polar surface area (TPSA) is 87.7 Å². The Kier molecular flexibility index (Phi) is 4.94. The predicted octanol–water partition coefficient (Wildman–Crippen LogP) is 2.99. The zero-order chi connectivity index (χ0) is 15.2. The lowest BCUT2D eigenvalue weighted by molar-refractivity contribution is 0.102. The number of nitrogens with two attached hydrogens (primary N) is 1. The van der Waals surface area contributed by atoms with Crippen LogP contribution in [-0.2, 0) is 6.42 Å². The van der Waals surface area contributed by atoms with Crippen molar-refractivity contribution in [1.82, 2.24) is 0 Å². The van der Waals surface area contributed by atoms with Gasteiger partial charge in [-0.3, -0.25) is 4.79 Å². The predicted molar refractivity (Wildman–Crippen MR) is 85.7 cm³/mol. The Balaban J connectivity index is 2.07. The molecule has 0 radical (unpaired) electrons. The summed E-state index contributed by atoms with van der Waals surface area (Å²) in [6, 6.07) is 14.4. The minimum absolute atomic E-state index is 0.139. The molecule has 108 valence electrons. The molecular weight excluding hydrogens is 334 g/mol. The van der Waals surface area contributed by atoms with Crippen LogP contribution in [0.25, 0.3) is 0 Å². The van der Waals surface area contributed by atoms with E-state index >= 15 is 0 Å². The summed E-state index contributed by atoms with van der Waals surface area (Å²) in [5.74, 6) is -0.0494. The summed E-state index contributed by atoms with van der Waals surface area (Å²) >= 11 is 3.35. The fraction of sp³-hybridized carbons (Fsp3) is 0.0667. The molecule has 5 nitrogen and oxygen atoms in total. The first-order valence-electron chi connectivity index (χ1n) is 6.21. The van der Waals surface area contributed by atoms with Crippen LogP contribution in [0.4, 0.5) is 5.69 Å². The molecule has 0 heterocycles. The molecule has 6 heteroatoms. The van der Waals surface area contributed by atoms with Gasteiger partial charge in [0.1, 0.15) is 5.84 Å². The van der Waals surface area contributed by atoms with E-state index in [-0.39, 0.29) is 11.7 Å². The van der Waals surface area contributed by atoms with Crippen LogP contribution >= 0.6 is 15.9 Å². The fourth-order valence-corrected chi connectivity index (χ4v) is 2.26. The molecule has 1 amide bonds. The Morgan fingerprint density at radius 2 is 1.86 bits per heavy atom. The first-order valence-corrected chi connectivity index (χ1v) is 7.00. The van der Waals surface area contributed by atoms with Crippen molar-refractivity contribution in [2.45, 2.75) is 6.42 Å². The van der Waals surface area contributed by atoms with Crippen LogP contribution in [0.15, 0.2) is 58.2 Å². The van der Waals surface area contributed by atoms with Gasteiger partial charge in [0.25, 0.3) is 5.91 Å². The molecule has 2 aromatic rings. The van der Waals surface area contributed by atoms with E-state index in [0.29, 0.717) is 17.7 Å². The summed E-state index contributed by atoms with van der Waals surface area (Å²) in [7, 11) is 0. The van der Waals surface area contributed by atoms with E-state index in [1.54, 1.807) is 24.3 Å². The monoisotopic (exact) mass is 347 g/mol. The molecule has 0 aliphatic carbocycles. The van der Waals surface area contributed by atoms with E-state index in [9.17, 15) is 4.79 Å². The number of carbonyl (C=O) groups is 1. The molecule has 4 N–H and O–H groups in total. The van der Waals surface area contributed by atoms with Crippen LogP contribution in [0.2, 0.25) is 0 Å². The van der Waals surface area contributed by atoms with E-state index < -0.39 is 0 Å². The van der Waals surface area contributed by atoms with Gasteiger partial charge in [-0.25, -0.2) is 0 Å². The van der Waals surface area contributed by atoms with Gasteiger partial charge in [0.2, 0.25) is 0 Å². The SMILES string of the molecule is NC(Cc1ccc(NC(=O)c2ccccc2Br)cc1)=NO. The molecule has 0 saturated carbocycles. The third kappa shape index (κ3) is 4.06. The van der Waals surface area contributed by atoms with Gasteiger partial charge in [-0.2, -0.15) is 0 Å². The average Bonchev–Trinajstić information content (AvgIpc) is 2.49. The molecule has 0 aliphatic rings. The summed E-state index contributed by atoms with van der Waals surface area (Å²) < 4.78 is 0.742. The highest BCUT2D eigenvalue weighted by atomic mass is 79.9. The number of nitrogens with zero attached hydrogens (tertiary/aromatic N) is 1. The van der Waals surface area contributed by atoms with Gasteiger partial charge in [0.05, 0.1) is 5.56 Å². The molecule has 2 aromatic carbocycles. The summed E-state index contributed by atoms with van der Waals surface area (Å²) in [6.45, 7) is 0. The Morgan fingerprint density at radius 3 is 2.48 bits per heavy atom. The number of benzene rings is 2. The maximum atomic E-state index is 12.1. The number of halogens is 1. The highest BCUT2D eigenvalue weighted by molar-refractivity contribution is 9.10. The van der Waals surface area contributed by atoms with Crippen molar-refractivity contribution >= 4 is 33.4 Å². The van der Waals surface area contributed by atoms with Crippen molar-refractivity contribution in [3.05, 3.63) is 64.1 Å². The highest BCUT2D eigenvalue weighted by Gasteiger charge is 2.09. The Hall–Kier alpha value is -2.34. The number of hydrogen-bond acceptors (Lipinski definition) is 3. The minimum Gasteiger partial charge on any atom is -0.409 e. The van der Waals surface area contributed by atoms with Crippen molar-refractivity contribution in [3.63, 3.8) is 0 Å². The van der Waals surface area contributed by atoms with Crippen LogP contribution in [0, 0.1) is 0 Å². The molecule has 0 aliphatic heterocycles. The number of carbonyl (C=O) groups excluding carboxylic acids is 1. The molecule has 0 atom stereocenters. The lowest BCUT2D eigenvalue weighted by Crippen LogP contribution is -2.15. The minimum atomic E-state index is -0.188. The van der Waals surface area contributed by atoms with E-state index in [1.165, 1.54) is 0 Å². The first kappa shape index (κ1) is 15.1. The summed E-state index contributed by atoms with van der Waals surface area (Å²) in [5.41, 5.74) is 7.58. The number of oxime groups is 1. The lowest BCUT2D eigenvalue weighted by atomic mass is 10.1. The number of amides is 1. The quantitative estimate of drug-likeness (QED) is 0.344. The van der Waals surface area contributed by atoms with E-state index in [4.69, 9.17) is 10.9 Å². The second kappa shape index (κ2) is 6.90. The molecule has 0 spiro atoms. The summed E-state index contributed by atoms with van der Waals surface area (Å²) in [5, 5.41) is 14.3. The van der Waals surface area contributed by atoms with Gasteiger partial charge in [-0.05, 0) is 45.8 Å². The molecule has 0 unspecified atom stereocenters. The normalized spacial score (nSPS) is 11.2. The van der Waals surface area contributed by atoms with Crippen molar-refractivity contribution in [1.29, 1.82) is 0 Å². The van der Waals surface area contributed by atoms with Crippen LogP contribution < -0.4 is 11.1 Å². The van der Waals surface area contributed by atoms with Crippen molar-refractivity contribution in [2.24, 2.45) is 10.9 Å². The average molecular weight is 348 g/mol. The number of amidine groups is 1. The smallest absolute Gasteiger partial charge is 0.256 e. The van der Waals surface area contributed by atoms with Crippen LogP contribution in [0.1, 0.15) is 15.9 Å². The van der Waals surface area contributed by atoms with Crippen LogP contribution in [-0.4, -0.2) is 17.0 Å². The molecule has 2 rings (SSSR count). The summed E-state index contributed by atoms with van der Waals surface area (Å²) in [6.07, 6.45) is 0.356. The zero-order valence-electron chi connectivity index (χ0n) is 11.1. The second-order valence-corrected chi connectivity index (χ2v) is 5.25. The highest BCUT2D eigenvalue weighted by Crippen LogP contribution is 2.18. The van der Waals surface area contributed by atoms with Crippen LogP contribution in [0.5, 0.6) is 0 Å². The maximum Gasteiger partial charge on any atom is 0.256 e. The molecule has 0 saturated heterocycles. The largest absolute Gasteiger partial charge is 0.409 e. The van der Waals surface area contributed by atoms with Gasteiger partial charge in [-0.1, -0.05) is 29.4 Å². The van der Waals surface area contributed by atoms with E-state index in [2.05, 4.69) is 26.4 Å². The molecule has 21 heavy (non-hydrogen) atoms. The number of hydrogen-bond donors (Lipinski definition) is 3. The summed E-state index contributed by atoms with van der Waals surface area (Å²) in [4.78, 5) is 12.1. The number of nitrogens with one attached hydrogen (secondary N) is 1.